The third kappa shape index (κ3) is 3.04. The number of aryl methyl sites for hydroxylation is 1. The second-order valence-corrected chi connectivity index (χ2v) is 3.01. The third-order valence-electron chi connectivity index (χ3n) is 1.85. The van der Waals surface area contributed by atoms with E-state index in [2.05, 4.69) is 10.6 Å². The van der Waals surface area contributed by atoms with E-state index < -0.39 is 11.9 Å². The number of rotatable bonds is 6. The van der Waals surface area contributed by atoms with Crippen LogP contribution in [-0.4, -0.2) is 33.4 Å². The minimum Gasteiger partial charge on any atom is -0.478 e. The molecule has 0 radical (unpaired) electrons. The topological polar surface area (TPSA) is 119 Å². The van der Waals surface area contributed by atoms with Gasteiger partial charge in [-0.05, 0) is 0 Å². The molecule has 0 aromatic carbocycles. The summed E-state index contributed by atoms with van der Waals surface area (Å²) in [6.07, 6.45) is 1.24. The Labute approximate surface area is 90.9 Å². The Morgan fingerprint density at radius 1 is 1.69 bits per heavy atom. The first-order chi connectivity index (χ1) is 7.52. The first-order valence-corrected chi connectivity index (χ1v) is 4.39. The van der Waals surface area contributed by atoms with Crippen LogP contribution in [0.5, 0.6) is 0 Å². The number of carboxylic acids is 1. The van der Waals surface area contributed by atoms with E-state index in [4.69, 9.17) is 15.7 Å². The zero-order valence-corrected chi connectivity index (χ0v) is 8.64. The summed E-state index contributed by atoms with van der Waals surface area (Å²) in [6, 6.07) is 0. The molecule has 0 aliphatic rings. The van der Waals surface area contributed by atoms with Crippen LogP contribution in [0, 0.1) is 0 Å². The lowest BCUT2D eigenvalue weighted by Crippen LogP contribution is -2.25. The van der Waals surface area contributed by atoms with Crippen LogP contribution in [0.3, 0.4) is 0 Å². The first kappa shape index (κ1) is 12.1. The van der Waals surface area contributed by atoms with Gasteiger partial charge in [-0.1, -0.05) is 0 Å². The molecule has 0 atom stereocenters. The molecule has 1 heterocycles. The second-order valence-electron chi connectivity index (χ2n) is 3.01. The van der Waals surface area contributed by atoms with Crippen molar-refractivity contribution in [2.75, 3.05) is 6.61 Å². The first-order valence-electron chi connectivity index (χ1n) is 4.39. The van der Waals surface area contributed by atoms with Gasteiger partial charge in [-0.25, -0.2) is 4.79 Å². The van der Waals surface area contributed by atoms with Crippen molar-refractivity contribution in [2.24, 2.45) is 12.8 Å². The Morgan fingerprint density at radius 3 is 2.94 bits per heavy atom. The summed E-state index contributed by atoms with van der Waals surface area (Å²) in [7, 11) is 1.61. The van der Waals surface area contributed by atoms with Gasteiger partial charge >= 0.3 is 5.97 Å². The predicted octanol–water partition coefficient (Wildman–Crippen LogP) is -1.38. The molecule has 8 nitrogen and oxygen atoms in total. The number of hydroxylamine groups is 1. The van der Waals surface area contributed by atoms with Gasteiger partial charge in [0.1, 0.15) is 12.2 Å². The number of carbonyl (C=O) groups is 2. The van der Waals surface area contributed by atoms with Crippen molar-refractivity contribution in [3.63, 3.8) is 0 Å². The second kappa shape index (κ2) is 5.24. The zero-order chi connectivity index (χ0) is 12.1. The van der Waals surface area contributed by atoms with Crippen molar-refractivity contribution in [1.82, 2.24) is 15.3 Å². The van der Waals surface area contributed by atoms with Crippen LogP contribution in [0.25, 0.3) is 0 Å². The Kier molecular flexibility index (Phi) is 3.97. The van der Waals surface area contributed by atoms with Gasteiger partial charge in [-0.15, -0.1) is 0 Å². The number of nitrogens with zero attached hydrogens (tertiary/aromatic N) is 2. The number of nitrogens with two attached hydrogens (primary N) is 1. The molecule has 0 spiro atoms. The molecule has 0 aliphatic carbocycles. The Bertz CT molecular complexity index is 401. The molecule has 0 unspecified atom stereocenters. The van der Waals surface area contributed by atoms with E-state index in [9.17, 15) is 9.59 Å². The minimum absolute atomic E-state index is 0.0812. The summed E-state index contributed by atoms with van der Waals surface area (Å²) in [6.45, 7) is -0.161. The van der Waals surface area contributed by atoms with Crippen LogP contribution in [-0.2, 0) is 23.2 Å². The molecule has 16 heavy (non-hydrogen) atoms. The zero-order valence-electron chi connectivity index (χ0n) is 8.64. The van der Waals surface area contributed by atoms with Gasteiger partial charge in [0.05, 0.1) is 18.4 Å². The summed E-state index contributed by atoms with van der Waals surface area (Å²) in [5, 5.41) is 12.6. The van der Waals surface area contributed by atoms with Crippen molar-refractivity contribution < 1.29 is 19.5 Å². The number of aromatic carboxylic acids is 1. The fourth-order valence-corrected chi connectivity index (χ4v) is 1.09. The van der Waals surface area contributed by atoms with E-state index in [1.807, 2.05) is 0 Å². The van der Waals surface area contributed by atoms with E-state index in [0.717, 1.165) is 0 Å². The maximum absolute atomic E-state index is 10.8. The molecule has 1 aromatic heterocycles. The summed E-state index contributed by atoms with van der Waals surface area (Å²) in [5.41, 5.74) is 7.80. The number of hydrogen-bond donors (Lipinski definition) is 3. The number of carboxylic acid groups (broad SMARTS) is 1. The lowest BCUT2D eigenvalue weighted by atomic mass is 10.2. The molecule has 4 N–H and O–H groups in total. The molecular weight excluding hydrogens is 216 g/mol. The monoisotopic (exact) mass is 228 g/mol. The van der Waals surface area contributed by atoms with E-state index in [1.54, 1.807) is 7.05 Å². The Hall–Kier alpha value is -1.93. The highest BCUT2D eigenvalue weighted by Crippen LogP contribution is 2.06. The summed E-state index contributed by atoms with van der Waals surface area (Å²) < 4.78 is 1.41. The number of hydrogen-bond acceptors (Lipinski definition) is 5. The van der Waals surface area contributed by atoms with Crippen LogP contribution < -0.4 is 11.2 Å². The Morgan fingerprint density at radius 2 is 2.38 bits per heavy atom. The molecule has 0 saturated heterocycles. The van der Waals surface area contributed by atoms with Crippen LogP contribution >= 0.6 is 0 Å². The Balaban J connectivity index is 2.56. The largest absolute Gasteiger partial charge is 0.478 e. The van der Waals surface area contributed by atoms with Crippen molar-refractivity contribution in [2.45, 2.75) is 6.54 Å². The van der Waals surface area contributed by atoms with Gasteiger partial charge < -0.3 is 10.8 Å². The molecule has 88 valence electrons. The molecule has 0 fully saturated rings. The molecule has 8 heteroatoms. The summed E-state index contributed by atoms with van der Waals surface area (Å²) in [4.78, 5) is 25.8. The van der Waals surface area contributed by atoms with Crippen molar-refractivity contribution >= 4 is 11.9 Å². The quantitative estimate of drug-likeness (QED) is 0.408. The number of carbonyl (C=O) groups excluding carboxylic acids is 1. The van der Waals surface area contributed by atoms with Gasteiger partial charge in [-0.2, -0.15) is 10.6 Å². The lowest BCUT2D eigenvalue weighted by molar-refractivity contribution is -0.125. The van der Waals surface area contributed by atoms with Gasteiger partial charge in [0.25, 0.3) is 0 Å². The number of nitrogens with one attached hydrogen (secondary N) is 1. The van der Waals surface area contributed by atoms with Crippen LogP contribution in [0.2, 0.25) is 0 Å². The molecule has 1 amide bonds. The number of primary amides is 1. The third-order valence-corrected chi connectivity index (χ3v) is 1.85. The number of aromatic nitrogens is 2. The average Bonchev–Trinajstić information content (AvgIpc) is 2.54. The molecule has 0 aliphatic heterocycles. The fourth-order valence-electron chi connectivity index (χ4n) is 1.09. The standard InChI is InChI=1S/C8H12N4O4/c1-12-6(3-11-16-4-7(9)13)5(2-10-12)8(14)15/h2,11H,3-4H2,1H3,(H2,9,13)(H,14,15). The highest BCUT2D eigenvalue weighted by molar-refractivity contribution is 5.88. The fraction of sp³-hybridized carbons (Fsp3) is 0.375. The maximum Gasteiger partial charge on any atom is 0.339 e. The summed E-state index contributed by atoms with van der Waals surface area (Å²) in [5.74, 6) is -1.68. The SMILES string of the molecule is Cn1ncc(C(=O)O)c1CNOCC(N)=O. The van der Waals surface area contributed by atoms with Gasteiger partial charge in [0.15, 0.2) is 0 Å². The van der Waals surface area contributed by atoms with Crippen LogP contribution in [0.1, 0.15) is 16.1 Å². The van der Waals surface area contributed by atoms with Gasteiger partial charge in [-0.3, -0.25) is 14.3 Å². The molecule has 0 bridgehead atoms. The summed E-state index contributed by atoms with van der Waals surface area (Å²) >= 11 is 0. The van der Waals surface area contributed by atoms with Crippen molar-refractivity contribution in [1.29, 1.82) is 0 Å². The highest BCUT2D eigenvalue weighted by Gasteiger charge is 2.14. The maximum atomic E-state index is 10.8. The molecular formula is C8H12N4O4. The van der Waals surface area contributed by atoms with E-state index in [-0.39, 0.29) is 18.7 Å². The van der Waals surface area contributed by atoms with E-state index in [1.165, 1.54) is 10.9 Å². The lowest BCUT2D eigenvalue weighted by Gasteiger charge is -2.05. The van der Waals surface area contributed by atoms with Crippen molar-refractivity contribution in [3.05, 3.63) is 17.5 Å². The van der Waals surface area contributed by atoms with Crippen LogP contribution in [0.4, 0.5) is 0 Å². The number of amides is 1. The predicted molar refractivity (Wildman–Crippen MR) is 52.2 cm³/mol. The molecule has 0 saturated carbocycles. The molecule has 1 rings (SSSR count). The average molecular weight is 228 g/mol. The van der Waals surface area contributed by atoms with E-state index >= 15 is 0 Å². The van der Waals surface area contributed by atoms with Gasteiger partial charge in [0.2, 0.25) is 5.91 Å². The van der Waals surface area contributed by atoms with E-state index in [0.29, 0.717) is 5.69 Å². The molecule has 1 aromatic rings. The van der Waals surface area contributed by atoms with Gasteiger partial charge in [0, 0.05) is 7.05 Å². The minimum atomic E-state index is -1.07. The normalized spacial score (nSPS) is 10.3. The van der Waals surface area contributed by atoms with Crippen molar-refractivity contribution in [3.8, 4) is 0 Å². The highest BCUT2D eigenvalue weighted by atomic mass is 16.6. The smallest absolute Gasteiger partial charge is 0.339 e. The van der Waals surface area contributed by atoms with Crippen LogP contribution in [0.15, 0.2) is 6.20 Å².